The smallest absolute Gasteiger partial charge is 0.107 e. The molecule has 66 valence electrons. The fourth-order valence-corrected chi connectivity index (χ4v) is 5.77. The number of hydrogen-bond acceptors (Lipinski definition) is 0. The molecule has 0 aromatic rings. The third-order valence-electron chi connectivity index (χ3n) is 3.11. The Labute approximate surface area is 76.7 Å². The van der Waals surface area contributed by atoms with E-state index < -0.39 is 8.07 Å². The van der Waals surface area contributed by atoms with Gasteiger partial charge in [0.25, 0.3) is 0 Å². The van der Waals surface area contributed by atoms with E-state index in [0.29, 0.717) is 5.54 Å². The zero-order valence-corrected chi connectivity index (χ0v) is 8.76. The molecule has 1 rings (SSSR count). The predicted octanol–water partition coefficient (Wildman–Crippen LogP) is 3.63. The van der Waals surface area contributed by atoms with Crippen molar-refractivity contribution in [3.05, 3.63) is 37.2 Å². The van der Waals surface area contributed by atoms with Gasteiger partial charge < -0.3 is 0 Å². The van der Waals surface area contributed by atoms with Gasteiger partial charge >= 0.3 is 0 Å². The molecule has 0 aliphatic carbocycles. The van der Waals surface area contributed by atoms with Gasteiger partial charge in [-0.15, -0.1) is 19.7 Å². The molecule has 0 aromatic heterocycles. The van der Waals surface area contributed by atoms with E-state index in [9.17, 15) is 0 Å². The highest BCUT2D eigenvalue weighted by Crippen LogP contribution is 2.39. The fraction of sp³-hybridized carbons (Fsp3) is 0.455. The molecule has 12 heavy (non-hydrogen) atoms. The predicted molar refractivity (Wildman–Crippen MR) is 58.8 cm³/mol. The molecular formula is C11H18Si. The summed E-state index contributed by atoms with van der Waals surface area (Å²) in [6, 6.07) is 1.33. The van der Waals surface area contributed by atoms with Gasteiger partial charge in [0, 0.05) is 0 Å². The van der Waals surface area contributed by atoms with Gasteiger partial charge in [-0.2, -0.15) is 0 Å². The first kappa shape index (κ1) is 9.52. The Bertz CT molecular complexity index is 185. The van der Waals surface area contributed by atoms with E-state index in [2.05, 4.69) is 37.2 Å². The first-order valence-electron chi connectivity index (χ1n) is 4.69. The Kier molecular flexibility index (Phi) is 3.10. The minimum absolute atomic E-state index is 0.696. The SMILES string of the molecule is C=CC1CCCC[Si]1(C=C)C=C. The van der Waals surface area contributed by atoms with Crippen LogP contribution in [0.4, 0.5) is 0 Å². The zero-order chi connectivity index (χ0) is 9.03. The largest absolute Gasteiger partial charge is 0.107 e. The van der Waals surface area contributed by atoms with Gasteiger partial charge in [0.1, 0.15) is 8.07 Å². The maximum atomic E-state index is 3.97. The molecule has 0 nitrogen and oxygen atoms in total. The van der Waals surface area contributed by atoms with E-state index in [0.717, 1.165) is 0 Å². The highest BCUT2D eigenvalue weighted by molar-refractivity contribution is 6.90. The van der Waals surface area contributed by atoms with Crippen LogP contribution < -0.4 is 0 Å². The first-order valence-corrected chi connectivity index (χ1v) is 7.13. The van der Waals surface area contributed by atoms with Crippen molar-refractivity contribution in [2.45, 2.75) is 30.8 Å². The molecule has 1 heterocycles. The monoisotopic (exact) mass is 178 g/mol. The maximum absolute atomic E-state index is 3.97. The molecule has 0 bridgehead atoms. The number of allylic oxidation sites excluding steroid dienone is 1. The van der Waals surface area contributed by atoms with Gasteiger partial charge in [-0.1, -0.05) is 30.3 Å². The number of hydrogen-bond donors (Lipinski definition) is 0. The Morgan fingerprint density at radius 1 is 1.08 bits per heavy atom. The summed E-state index contributed by atoms with van der Waals surface area (Å²) in [4.78, 5) is 0. The minimum Gasteiger partial charge on any atom is -0.107 e. The summed E-state index contributed by atoms with van der Waals surface area (Å²) in [5, 5.41) is 0. The molecule has 1 aliphatic rings. The van der Waals surface area contributed by atoms with E-state index in [4.69, 9.17) is 0 Å². The first-order chi connectivity index (χ1) is 5.79. The van der Waals surface area contributed by atoms with E-state index >= 15 is 0 Å². The highest BCUT2D eigenvalue weighted by atomic mass is 28.3. The van der Waals surface area contributed by atoms with Crippen molar-refractivity contribution in [1.29, 1.82) is 0 Å². The molecule has 1 aliphatic heterocycles. The summed E-state index contributed by atoms with van der Waals surface area (Å²) in [5.74, 6) is 0. The van der Waals surface area contributed by atoms with Crippen molar-refractivity contribution >= 4 is 8.07 Å². The summed E-state index contributed by atoms with van der Waals surface area (Å²) in [5.41, 5.74) is 5.07. The molecule has 0 saturated carbocycles. The van der Waals surface area contributed by atoms with E-state index in [1.165, 1.54) is 25.3 Å². The van der Waals surface area contributed by atoms with Crippen LogP contribution in [0.2, 0.25) is 11.6 Å². The molecule has 1 heteroatoms. The fourth-order valence-electron chi connectivity index (χ4n) is 2.18. The molecule has 1 fully saturated rings. The van der Waals surface area contributed by atoms with Crippen molar-refractivity contribution in [1.82, 2.24) is 0 Å². The lowest BCUT2D eigenvalue weighted by atomic mass is 10.2. The Hall–Kier alpha value is -0.563. The average Bonchev–Trinajstić information content (AvgIpc) is 2.17. The molecule has 0 radical (unpaired) electrons. The molecular weight excluding hydrogens is 160 g/mol. The van der Waals surface area contributed by atoms with E-state index in [-0.39, 0.29) is 0 Å². The average molecular weight is 178 g/mol. The zero-order valence-electron chi connectivity index (χ0n) is 7.76. The van der Waals surface area contributed by atoms with Crippen LogP contribution in [0.3, 0.4) is 0 Å². The second-order valence-electron chi connectivity index (χ2n) is 3.61. The Morgan fingerprint density at radius 3 is 2.17 bits per heavy atom. The third-order valence-corrected chi connectivity index (χ3v) is 7.75. The Balaban J connectivity index is 2.86. The maximum Gasteiger partial charge on any atom is 0.107 e. The van der Waals surface area contributed by atoms with Gasteiger partial charge in [0.05, 0.1) is 0 Å². The lowest BCUT2D eigenvalue weighted by molar-refractivity contribution is 0.671. The molecule has 1 unspecified atom stereocenters. The van der Waals surface area contributed by atoms with Crippen LogP contribution in [0, 0.1) is 0 Å². The Morgan fingerprint density at radius 2 is 1.75 bits per heavy atom. The van der Waals surface area contributed by atoms with Crippen LogP contribution in [0.15, 0.2) is 37.2 Å². The quantitative estimate of drug-likeness (QED) is 0.457. The molecule has 0 amide bonds. The summed E-state index contributed by atoms with van der Waals surface area (Å²) < 4.78 is 0. The molecule has 1 atom stereocenters. The van der Waals surface area contributed by atoms with Crippen molar-refractivity contribution in [3.63, 3.8) is 0 Å². The minimum atomic E-state index is -1.35. The van der Waals surface area contributed by atoms with Crippen molar-refractivity contribution in [3.8, 4) is 0 Å². The van der Waals surface area contributed by atoms with Gasteiger partial charge in [-0.05, 0) is 18.0 Å². The van der Waals surface area contributed by atoms with Gasteiger partial charge in [-0.3, -0.25) is 0 Å². The summed E-state index contributed by atoms with van der Waals surface area (Å²) in [6.45, 7) is 11.9. The van der Waals surface area contributed by atoms with Crippen LogP contribution in [-0.2, 0) is 0 Å². The van der Waals surface area contributed by atoms with Crippen LogP contribution in [-0.4, -0.2) is 8.07 Å². The standard InChI is InChI=1S/C11H18Si/c1-4-11-9-7-8-10-12(11,5-2)6-3/h4-6,11H,1-3,7-10H2. The highest BCUT2D eigenvalue weighted by Gasteiger charge is 2.35. The molecule has 0 N–H and O–H groups in total. The van der Waals surface area contributed by atoms with Crippen LogP contribution >= 0.6 is 0 Å². The van der Waals surface area contributed by atoms with Crippen molar-refractivity contribution in [2.24, 2.45) is 0 Å². The van der Waals surface area contributed by atoms with Gasteiger partial charge in [-0.25, -0.2) is 0 Å². The normalized spacial score (nSPS) is 27.5. The third kappa shape index (κ3) is 1.46. The van der Waals surface area contributed by atoms with Crippen LogP contribution in [0.1, 0.15) is 19.3 Å². The topological polar surface area (TPSA) is 0 Å². The van der Waals surface area contributed by atoms with E-state index in [1.54, 1.807) is 0 Å². The van der Waals surface area contributed by atoms with Gasteiger partial charge in [0.15, 0.2) is 0 Å². The molecule has 0 spiro atoms. The second-order valence-corrected chi connectivity index (χ2v) is 7.89. The van der Waals surface area contributed by atoms with Crippen LogP contribution in [0.25, 0.3) is 0 Å². The van der Waals surface area contributed by atoms with E-state index in [1.807, 2.05) is 0 Å². The number of rotatable bonds is 3. The summed E-state index contributed by atoms with van der Waals surface area (Å²) in [7, 11) is -1.35. The lowest BCUT2D eigenvalue weighted by Crippen LogP contribution is -2.37. The molecule has 0 aromatic carbocycles. The second kappa shape index (κ2) is 3.90. The summed E-state index contributed by atoms with van der Waals surface area (Å²) in [6.07, 6.45) is 6.13. The van der Waals surface area contributed by atoms with Crippen LogP contribution in [0.5, 0.6) is 0 Å². The van der Waals surface area contributed by atoms with Crippen molar-refractivity contribution < 1.29 is 0 Å². The molecule has 1 saturated heterocycles. The lowest BCUT2D eigenvalue weighted by Gasteiger charge is -2.36. The summed E-state index contributed by atoms with van der Waals surface area (Å²) >= 11 is 0. The van der Waals surface area contributed by atoms with Crippen molar-refractivity contribution in [2.75, 3.05) is 0 Å². The van der Waals surface area contributed by atoms with Gasteiger partial charge in [0.2, 0.25) is 0 Å².